The van der Waals surface area contributed by atoms with Gasteiger partial charge in [0.15, 0.2) is 0 Å². The first-order valence-electron chi connectivity index (χ1n) is 5.24. The zero-order chi connectivity index (χ0) is 12.1. The summed E-state index contributed by atoms with van der Waals surface area (Å²) in [5.74, 6) is 0.472. The summed E-state index contributed by atoms with van der Waals surface area (Å²) in [6.07, 6.45) is 0. The second-order valence-corrected chi connectivity index (χ2v) is 3.79. The molecule has 0 aromatic heterocycles. The monoisotopic (exact) mass is 222 g/mol. The Morgan fingerprint density at radius 1 is 1.31 bits per heavy atom. The van der Waals surface area contributed by atoms with Crippen LogP contribution < -0.4 is 15.8 Å². The number of hydrogen-bond acceptors (Lipinski definition) is 3. The number of nitrogens with one attached hydrogen (secondary N) is 1. The lowest BCUT2D eigenvalue weighted by Gasteiger charge is -2.18. The van der Waals surface area contributed by atoms with Crippen LogP contribution in [-0.4, -0.2) is 19.1 Å². The van der Waals surface area contributed by atoms with Gasteiger partial charge in [-0.15, -0.1) is 0 Å². The van der Waals surface area contributed by atoms with Gasteiger partial charge in [0.05, 0.1) is 13.2 Å². The van der Waals surface area contributed by atoms with Crippen molar-refractivity contribution in [1.29, 1.82) is 0 Å². The number of amides is 1. The molecule has 0 saturated heterocycles. The summed E-state index contributed by atoms with van der Waals surface area (Å²) in [5, 5.41) is 3.12. The van der Waals surface area contributed by atoms with Gasteiger partial charge >= 0.3 is 0 Å². The molecule has 0 aliphatic rings. The van der Waals surface area contributed by atoms with E-state index < -0.39 is 0 Å². The van der Waals surface area contributed by atoms with E-state index >= 15 is 0 Å². The van der Waals surface area contributed by atoms with Gasteiger partial charge in [0, 0.05) is 6.04 Å². The Labute approximate surface area is 95.8 Å². The highest BCUT2D eigenvalue weighted by molar-refractivity contribution is 5.79. The van der Waals surface area contributed by atoms with Gasteiger partial charge < -0.3 is 10.5 Å². The standard InChI is InChI=1S/C12H18N2O2/c1-8(14-9(2)12(13)15)10-4-6-11(16-3)7-5-10/h4-9,14H,1-3H3,(H2,13,15). The highest BCUT2D eigenvalue weighted by Crippen LogP contribution is 2.17. The summed E-state index contributed by atoms with van der Waals surface area (Å²) in [6, 6.07) is 7.45. The topological polar surface area (TPSA) is 64.3 Å². The molecule has 0 saturated carbocycles. The van der Waals surface area contributed by atoms with Crippen molar-refractivity contribution in [2.75, 3.05) is 7.11 Å². The predicted molar refractivity (Wildman–Crippen MR) is 63.2 cm³/mol. The zero-order valence-corrected chi connectivity index (χ0v) is 9.86. The van der Waals surface area contributed by atoms with Gasteiger partial charge in [0.2, 0.25) is 5.91 Å². The largest absolute Gasteiger partial charge is 0.497 e. The van der Waals surface area contributed by atoms with Crippen LogP contribution in [0.4, 0.5) is 0 Å². The van der Waals surface area contributed by atoms with Crippen molar-refractivity contribution < 1.29 is 9.53 Å². The Morgan fingerprint density at radius 3 is 2.31 bits per heavy atom. The minimum atomic E-state index is -0.347. The van der Waals surface area contributed by atoms with Gasteiger partial charge in [0.25, 0.3) is 0 Å². The van der Waals surface area contributed by atoms with Crippen molar-refractivity contribution in [3.05, 3.63) is 29.8 Å². The normalized spacial score (nSPS) is 14.2. The molecule has 4 nitrogen and oxygen atoms in total. The molecule has 0 bridgehead atoms. The molecule has 88 valence electrons. The quantitative estimate of drug-likeness (QED) is 0.787. The first-order chi connectivity index (χ1) is 7.54. The summed E-state index contributed by atoms with van der Waals surface area (Å²) < 4.78 is 5.07. The third-order valence-electron chi connectivity index (χ3n) is 2.54. The summed E-state index contributed by atoms with van der Waals surface area (Å²) in [7, 11) is 1.63. The van der Waals surface area contributed by atoms with Gasteiger partial charge in [-0.2, -0.15) is 0 Å². The second-order valence-electron chi connectivity index (χ2n) is 3.79. The van der Waals surface area contributed by atoms with Crippen LogP contribution in [0.15, 0.2) is 24.3 Å². The van der Waals surface area contributed by atoms with Gasteiger partial charge in [-0.1, -0.05) is 12.1 Å². The van der Waals surface area contributed by atoms with E-state index in [0.29, 0.717) is 0 Å². The van der Waals surface area contributed by atoms with E-state index in [9.17, 15) is 4.79 Å². The smallest absolute Gasteiger partial charge is 0.234 e. The number of ether oxygens (including phenoxy) is 1. The van der Waals surface area contributed by atoms with Crippen LogP contribution in [0.25, 0.3) is 0 Å². The van der Waals surface area contributed by atoms with E-state index in [1.54, 1.807) is 14.0 Å². The molecule has 16 heavy (non-hydrogen) atoms. The maximum absolute atomic E-state index is 10.9. The molecule has 1 aromatic rings. The molecule has 1 aromatic carbocycles. The molecule has 0 spiro atoms. The van der Waals surface area contributed by atoms with Crippen molar-refractivity contribution in [2.24, 2.45) is 5.73 Å². The van der Waals surface area contributed by atoms with E-state index in [1.807, 2.05) is 31.2 Å². The van der Waals surface area contributed by atoms with Crippen LogP contribution in [0.5, 0.6) is 5.75 Å². The van der Waals surface area contributed by atoms with E-state index in [2.05, 4.69) is 5.32 Å². The minimum Gasteiger partial charge on any atom is -0.497 e. The number of nitrogens with two attached hydrogens (primary N) is 1. The Hall–Kier alpha value is -1.55. The molecule has 0 fully saturated rings. The maximum atomic E-state index is 10.9. The van der Waals surface area contributed by atoms with E-state index in [0.717, 1.165) is 11.3 Å². The maximum Gasteiger partial charge on any atom is 0.234 e. The molecule has 3 N–H and O–H groups in total. The van der Waals surface area contributed by atoms with E-state index in [-0.39, 0.29) is 18.0 Å². The summed E-state index contributed by atoms with van der Waals surface area (Å²) in [4.78, 5) is 10.9. The second kappa shape index (κ2) is 5.51. The number of primary amides is 1. The molecule has 2 atom stereocenters. The number of hydrogen-bond donors (Lipinski definition) is 2. The number of methoxy groups -OCH3 is 1. The highest BCUT2D eigenvalue weighted by atomic mass is 16.5. The fraction of sp³-hybridized carbons (Fsp3) is 0.417. The van der Waals surface area contributed by atoms with Crippen molar-refractivity contribution in [3.8, 4) is 5.75 Å². The van der Waals surface area contributed by atoms with Crippen LogP contribution in [-0.2, 0) is 4.79 Å². The summed E-state index contributed by atoms with van der Waals surface area (Å²) >= 11 is 0. The Morgan fingerprint density at radius 2 is 1.88 bits per heavy atom. The first kappa shape index (κ1) is 12.5. The van der Waals surface area contributed by atoms with E-state index in [4.69, 9.17) is 10.5 Å². The van der Waals surface area contributed by atoms with Crippen LogP contribution >= 0.6 is 0 Å². The molecule has 2 unspecified atom stereocenters. The SMILES string of the molecule is COc1ccc(C(C)NC(C)C(N)=O)cc1. The minimum absolute atomic E-state index is 0.0772. The van der Waals surface area contributed by atoms with Crippen molar-refractivity contribution >= 4 is 5.91 Å². The summed E-state index contributed by atoms with van der Waals surface area (Å²) in [6.45, 7) is 3.74. The molecular weight excluding hydrogens is 204 g/mol. The first-order valence-corrected chi connectivity index (χ1v) is 5.24. The van der Waals surface area contributed by atoms with Crippen LogP contribution in [0.2, 0.25) is 0 Å². The van der Waals surface area contributed by atoms with Gasteiger partial charge in [-0.3, -0.25) is 10.1 Å². The number of benzene rings is 1. The Bertz CT molecular complexity index is 349. The van der Waals surface area contributed by atoms with Crippen LogP contribution in [0.3, 0.4) is 0 Å². The zero-order valence-electron chi connectivity index (χ0n) is 9.86. The third kappa shape index (κ3) is 3.24. The lowest BCUT2D eigenvalue weighted by atomic mass is 10.1. The fourth-order valence-corrected chi connectivity index (χ4v) is 1.45. The molecule has 4 heteroatoms. The summed E-state index contributed by atoms with van der Waals surface area (Å²) in [5.41, 5.74) is 6.28. The fourth-order valence-electron chi connectivity index (χ4n) is 1.45. The van der Waals surface area contributed by atoms with Crippen LogP contribution in [0, 0.1) is 0 Å². The lowest BCUT2D eigenvalue weighted by Crippen LogP contribution is -2.39. The highest BCUT2D eigenvalue weighted by Gasteiger charge is 2.13. The van der Waals surface area contributed by atoms with Crippen molar-refractivity contribution in [1.82, 2.24) is 5.32 Å². The average molecular weight is 222 g/mol. The molecule has 1 rings (SSSR count). The molecular formula is C12H18N2O2. The van der Waals surface area contributed by atoms with E-state index in [1.165, 1.54) is 0 Å². The number of rotatable bonds is 5. The molecule has 1 amide bonds. The average Bonchev–Trinajstić information content (AvgIpc) is 2.28. The Kier molecular flexibility index (Phi) is 4.31. The predicted octanol–water partition coefficient (Wildman–Crippen LogP) is 1.22. The third-order valence-corrected chi connectivity index (χ3v) is 2.54. The van der Waals surface area contributed by atoms with Crippen molar-refractivity contribution in [2.45, 2.75) is 25.9 Å². The molecule has 0 radical (unpaired) electrons. The molecule has 0 aliphatic carbocycles. The Balaban J connectivity index is 2.65. The lowest BCUT2D eigenvalue weighted by molar-refractivity contribution is -0.119. The van der Waals surface area contributed by atoms with Crippen LogP contribution in [0.1, 0.15) is 25.5 Å². The van der Waals surface area contributed by atoms with Gasteiger partial charge in [-0.05, 0) is 31.5 Å². The molecule has 0 aliphatic heterocycles. The number of carbonyl (C=O) groups is 1. The van der Waals surface area contributed by atoms with Crippen molar-refractivity contribution in [3.63, 3.8) is 0 Å². The van der Waals surface area contributed by atoms with Gasteiger partial charge in [-0.25, -0.2) is 0 Å². The molecule has 0 heterocycles. The number of carbonyl (C=O) groups excluding carboxylic acids is 1. The van der Waals surface area contributed by atoms with Gasteiger partial charge in [0.1, 0.15) is 5.75 Å².